The fraction of sp³-hybridized carbons (Fsp3) is 0.955. The first-order chi connectivity index (χ1) is 12.0. The Labute approximate surface area is 153 Å². The van der Waals surface area contributed by atoms with Crippen molar-refractivity contribution in [3.8, 4) is 0 Å². The van der Waals surface area contributed by atoms with Crippen molar-refractivity contribution < 1.29 is 10.3 Å². The van der Waals surface area contributed by atoms with Crippen molar-refractivity contribution >= 4 is 6.21 Å². The molecule has 2 N–H and O–H groups in total. The summed E-state index contributed by atoms with van der Waals surface area (Å²) in [5.41, 5.74) is 0.0948. The Balaban J connectivity index is 1.59. The Morgan fingerprint density at radius 2 is 1.80 bits per heavy atom. The molecule has 4 rings (SSSR count). The lowest BCUT2D eigenvalue weighted by molar-refractivity contribution is -0.206. The van der Waals surface area contributed by atoms with Gasteiger partial charge in [0.1, 0.15) is 0 Å². The Morgan fingerprint density at radius 3 is 2.60 bits per heavy atom. The maximum Gasteiger partial charge on any atom is 0.0734 e. The topological polar surface area (TPSA) is 52.8 Å². The third kappa shape index (κ3) is 2.44. The van der Waals surface area contributed by atoms with Crippen molar-refractivity contribution in [3.05, 3.63) is 0 Å². The number of nitrogens with zero attached hydrogens (tertiary/aromatic N) is 1. The Morgan fingerprint density at radius 1 is 0.960 bits per heavy atom. The highest BCUT2D eigenvalue weighted by atomic mass is 16.4. The highest BCUT2D eigenvalue weighted by Gasteiger charge is 2.66. The van der Waals surface area contributed by atoms with Crippen LogP contribution >= 0.6 is 0 Å². The number of aliphatic hydroxyl groups is 1. The van der Waals surface area contributed by atoms with Crippen LogP contribution in [0.5, 0.6) is 0 Å². The van der Waals surface area contributed by atoms with Crippen molar-refractivity contribution in [2.45, 2.75) is 96.5 Å². The predicted octanol–water partition coefficient (Wildman–Crippen LogP) is 5.39. The molecular formula is C22H37NO2. The highest BCUT2D eigenvalue weighted by molar-refractivity contribution is 5.56. The zero-order valence-corrected chi connectivity index (χ0v) is 16.2. The van der Waals surface area contributed by atoms with E-state index in [4.69, 9.17) is 5.21 Å². The van der Waals surface area contributed by atoms with Gasteiger partial charge in [-0.25, -0.2) is 0 Å². The average molecular weight is 348 g/mol. The van der Waals surface area contributed by atoms with Crippen molar-refractivity contribution in [2.75, 3.05) is 0 Å². The van der Waals surface area contributed by atoms with Crippen molar-refractivity contribution in [1.82, 2.24) is 0 Å². The summed E-state index contributed by atoms with van der Waals surface area (Å²) in [7, 11) is 0. The summed E-state index contributed by atoms with van der Waals surface area (Å²) < 4.78 is 0. The van der Waals surface area contributed by atoms with Gasteiger partial charge in [0.2, 0.25) is 0 Å². The molecule has 4 aliphatic rings. The van der Waals surface area contributed by atoms with Crippen LogP contribution in [-0.2, 0) is 0 Å². The number of hydrogen-bond donors (Lipinski definition) is 2. The molecule has 0 aliphatic heterocycles. The molecule has 0 aromatic heterocycles. The van der Waals surface area contributed by atoms with E-state index in [-0.39, 0.29) is 5.41 Å². The Bertz CT molecular complexity index is 534. The predicted molar refractivity (Wildman–Crippen MR) is 101 cm³/mol. The van der Waals surface area contributed by atoms with E-state index in [2.05, 4.69) is 19.0 Å². The SMILES string of the molecule is C[C@]12CCCC[C@H]1CCC1C2CC[C@]2(C)[C@@H](CC/C=N/O)CC[C@]12O. The molecule has 0 aromatic rings. The van der Waals surface area contributed by atoms with Gasteiger partial charge in [0, 0.05) is 6.21 Å². The smallest absolute Gasteiger partial charge is 0.0734 e. The van der Waals surface area contributed by atoms with Crippen LogP contribution in [0.3, 0.4) is 0 Å². The monoisotopic (exact) mass is 347 g/mol. The summed E-state index contributed by atoms with van der Waals surface area (Å²) in [6.45, 7) is 4.95. The zero-order valence-electron chi connectivity index (χ0n) is 16.2. The summed E-state index contributed by atoms with van der Waals surface area (Å²) in [5.74, 6) is 2.74. The summed E-state index contributed by atoms with van der Waals surface area (Å²) in [5, 5.41) is 23.9. The lowest BCUT2D eigenvalue weighted by Gasteiger charge is -2.63. The molecular weight excluding hydrogens is 310 g/mol. The standard InChI is InChI=1S/C22H37NO2/c1-20-12-4-3-6-16(20)8-9-19-18(20)11-13-21(2)17(7-5-15-23-25)10-14-22(19,21)24/h15-19,24-25H,3-14H2,1-2H3/b23-15+/t16-,17-,18?,19?,20-,21+,22-/m0/s1. The number of oxime groups is 1. The lowest BCUT2D eigenvalue weighted by atomic mass is 9.43. The average Bonchev–Trinajstić information content (AvgIpc) is 2.86. The van der Waals surface area contributed by atoms with E-state index in [0.29, 0.717) is 17.3 Å². The van der Waals surface area contributed by atoms with E-state index < -0.39 is 5.60 Å². The first-order valence-corrected chi connectivity index (χ1v) is 10.8. The quantitative estimate of drug-likeness (QED) is 0.408. The molecule has 0 bridgehead atoms. The van der Waals surface area contributed by atoms with Gasteiger partial charge in [0.25, 0.3) is 0 Å². The summed E-state index contributed by atoms with van der Waals surface area (Å²) in [4.78, 5) is 0. The molecule has 2 unspecified atom stereocenters. The van der Waals surface area contributed by atoms with Crippen LogP contribution in [0.1, 0.15) is 90.9 Å². The molecule has 0 heterocycles. The molecule has 4 saturated carbocycles. The zero-order chi connectivity index (χ0) is 17.7. The van der Waals surface area contributed by atoms with Gasteiger partial charge in [-0.3, -0.25) is 0 Å². The molecule has 3 heteroatoms. The number of fused-ring (bicyclic) bond motifs is 5. The molecule has 0 radical (unpaired) electrons. The van der Waals surface area contributed by atoms with Gasteiger partial charge in [-0.15, -0.1) is 5.16 Å². The Hall–Kier alpha value is -0.570. The fourth-order valence-corrected chi connectivity index (χ4v) is 8.17. The minimum Gasteiger partial charge on any atom is -0.411 e. The van der Waals surface area contributed by atoms with Gasteiger partial charge < -0.3 is 10.3 Å². The van der Waals surface area contributed by atoms with Crippen LogP contribution in [-0.4, -0.2) is 22.1 Å². The van der Waals surface area contributed by atoms with Gasteiger partial charge in [0.15, 0.2) is 0 Å². The molecule has 0 amide bonds. The first-order valence-electron chi connectivity index (χ1n) is 10.8. The summed E-state index contributed by atoms with van der Waals surface area (Å²) in [6, 6.07) is 0. The second kappa shape index (κ2) is 6.25. The van der Waals surface area contributed by atoms with Gasteiger partial charge in [0.05, 0.1) is 5.60 Å². The molecule has 3 nitrogen and oxygen atoms in total. The normalized spacial score (nSPS) is 52.6. The second-order valence-corrected chi connectivity index (χ2v) is 10.2. The highest BCUT2D eigenvalue weighted by Crippen LogP contribution is 2.69. The van der Waals surface area contributed by atoms with E-state index in [1.54, 1.807) is 6.21 Å². The van der Waals surface area contributed by atoms with Crippen LogP contribution < -0.4 is 0 Å². The second-order valence-electron chi connectivity index (χ2n) is 10.2. The van der Waals surface area contributed by atoms with Crippen molar-refractivity contribution in [2.24, 2.45) is 39.7 Å². The Kier molecular flexibility index (Phi) is 4.46. The third-order valence-electron chi connectivity index (χ3n) is 9.69. The maximum absolute atomic E-state index is 12.0. The van der Waals surface area contributed by atoms with E-state index >= 15 is 0 Å². The van der Waals surface area contributed by atoms with Gasteiger partial charge in [-0.05, 0) is 98.7 Å². The van der Waals surface area contributed by atoms with Crippen LogP contribution in [0.15, 0.2) is 5.16 Å². The first kappa shape index (κ1) is 17.8. The van der Waals surface area contributed by atoms with Crippen LogP contribution in [0.2, 0.25) is 0 Å². The van der Waals surface area contributed by atoms with Crippen molar-refractivity contribution in [3.63, 3.8) is 0 Å². The largest absolute Gasteiger partial charge is 0.411 e. The molecule has 7 atom stereocenters. The molecule has 4 fully saturated rings. The van der Waals surface area contributed by atoms with Gasteiger partial charge >= 0.3 is 0 Å². The number of hydrogen-bond acceptors (Lipinski definition) is 3. The van der Waals surface area contributed by atoms with E-state index in [1.807, 2.05) is 0 Å². The van der Waals surface area contributed by atoms with Gasteiger partial charge in [-0.1, -0.05) is 26.7 Å². The molecule has 0 aromatic carbocycles. The minimum absolute atomic E-state index is 0.0648. The third-order valence-corrected chi connectivity index (χ3v) is 9.69. The molecule has 4 aliphatic carbocycles. The summed E-state index contributed by atoms with van der Waals surface area (Å²) in [6.07, 6.45) is 16.4. The minimum atomic E-state index is -0.456. The maximum atomic E-state index is 12.0. The van der Waals surface area contributed by atoms with E-state index in [1.165, 1.54) is 51.4 Å². The number of rotatable bonds is 3. The molecule has 142 valence electrons. The van der Waals surface area contributed by atoms with Crippen LogP contribution in [0, 0.1) is 34.5 Å². The van der Waals surface area contributed by atoms with Crippen LogP contribution in [0.25, 0.3) is 0 Å². The lowest BCUT2D eigenvalue weighted by Crippen LogP contribution is -2.61. The fourth-order valence-electron chi connectivity index (χ4n) is 8.17. The summed E-state index contributed by atoms with van der Waals surface area (Å²) >= 11 is 0. The molecule has 0 spiro atoms. The van der Waals surface area contributed by atoms with E-state index in [0.717, 1.165) is 37.5 Å². The molecule has 25 heavy (non-hydrogen) atoms. The van der Waals surface area contributed by atoms with Crippen LogP contribution in [0.4, 0.5) is 0 Å². The van der Waals surface area contributed by atoms with Crippen molar-refractivity contribution in [1.29, 1.82) is 0 Å². The molecule has 0 saturated heterocycles. The van der Waals surface area contributed by atoms with E-state index in [9.17, 15) is 5.11 Å². The van der Waals surface area contributed by atoms with Gasteiger partial charge in [-0.2, -0.15) is 0 Å².